The third kappa shape index (κ3) is 6.42. The maximum Gasteiger partial charge on any atom is 0.267 e. The molecule has 1 saturated heterocycles. The highest BCUT2D eigenvalue weighted by atomic mass is 19.1. The lowest BCUT2D eigenvalue weighted by atomic mass is 10.1. The van der Waals surface area contributed by atoms with Crippen molar-refractivity contribution in [2.45, 2.75) is 25.8 Å². The van der Waals surface area contributed by atoms with Gasteiger partial charge in [-0.05, 0) is 62.2 Å². The highest BCUT2D eigenvalue weighted by Crippen LogP contribution is 2.21. The molecule has 2 aromatic heterocycles. The van der Waals surface area contributed by atoms with Gasteiger partial charge >= 0.3 is 0 Å². The molecule has 37 heavy (non-hydrogen) atoms. The van der Waals surface area contributed by atoms with Gasteiger partial charge in [0.05, 0.1) is 31.2 Å². The van der Waals surface area contributed by atoms with Crippen LogP contribution in [0.2, 0.25) is 0 Å². The molecule has 0 atom stereocenters. The van der Waals surface area contributed by atoms with E-state index in [1.54, 1.807) is 12.4 Å². The second-order valence-electron chi connectivity index (χ2n) is 9.07. The lowest BCUT2D eigenvalue weighted by Crippen LogP contribution is -2.22. The van der Waals surface area contributed by atoms with E-state index in [1.165, 1.54) is 54.9 Å². The third-order valence-corrected chi connectivity index (χ3v) is 6.26. The SMILES string of the molecule is O=c1ccc(-c2cc(F)cc(F)c2)nn1Cc1cccc(-c2ncc(OCCCN3CCCC3)cn2)c1. The van der Waals surface area contributed by atoms with Gasteiger partial charge in [0.1, 0.15) is 11.6 Å². The molecule has 7 nitrogen and oxygen atoms in total. The molecule has 3 heterocycles. The normalized spacial score (nSPS) is 13.7. The molecule has 190 valence electrons. The Balaban J connectivity index is 1.25. The van der Waals surface area contributed by atoms with Gasteiger partial charge in [0.15, 0.2) is 11.6 Å². The van der Waals surface area contributed by atoms with Crippen molar-refractivity contribution in [2.75, 3.05) is 26.2 Å². The number of ether oxygens (including phenoxy) is 1. The van der Waals surface area contributed by atoms with E-state index in [0.717, 1.165) is 30.2 Å². The van der Waals surface area contributed by atoms with Crippen molar-refractivity contribution < 1.29 is 13.5 Å². The number of nitrogens with zero attached hydrogens (tertiary/aromatic N) is 5. The predicted molar refractivity (Wildman–Crippen MR) is 136 cm³/mol. The summed E-state index contributed by atoms with van der Waals surface area (Å²) in [5.74, 6) is -0.250. The Morgan fingerprint density at radius 2 is 1.65 bits per heavy atom. The fourth-order valence-electron chi connectivity index (χ4n) is 4.42. The van der Waals surface area contributed by atoms with E-state index in [4.69, 9.17) is 4.74 Å². The van der Waals surface area contributed by atoms with Crippen molar-refractivity contribution in [1.82, 2.24) is 24.6 Å². The number of aromatic nitrogens is 4. The minimum absolute atomic E-state index is 0.177. The van der Waals surface area contributed by atoms with Gasteiger partial charge in [-0.1, -0.05) is 18.2 Å². The minimum Gasteiger partial charge on any atom is -0.490 e. The van der Waals surface area contributed by atoms with Gasteiger partial charge in [-0.15, -0.1) is 0 Å². The largest absolute Gasteiger partial charge is 0.490 e. The summed E-state index contributed by atoms with van der Waals surface area (Å²) < 4.78 is 34.3. The van der Waals surface area contributed by atoms with Crippen LogP contribution in [0.5, 0.6) is 5.75 Å². The summed E-state index contributed by atoms with van der Waals surface area (Å²) in [4.78, 5) is 23.8. The molecule has 1 aliphatic heterocycles. The number of hydrogen-bond donors (Lipinski definition) is 0. The van der Waals surface area contributed by atoms with Crippen molar-refractivity contribution >= 4 is 0 Å². The molecule has 0 spiro atoms. The molecule has 0 radical (unpaired) electrons. The number of likely N-dealkylation sites (tertiary alicyclic amines) is 1. The molecule has 1 fully saturated rings. The Labute approximate surface area is 213 Å². The minimum atomic E-state index is -0.708. The molecule has 0 aliphatic carbocycles. The molecular formula is C28H27F2N5O2. The van der Waals surface area contributed by atoms with E-state index < -0.39 is 11.6 Å². The van der Waals surface area contributed by atoms with Crippen LogP contribution >= 0.6 is 0 Å². The Hall–Kier alpha value is -3.98. The van der Waals surface area contributed by atoms with Crippen molar-refractivity contribution in [1.29, 1.82) is 0 Å². The Bertz CT molecular complexity index is 1400. The summed E-state index contributed by atoms with van der Waals surface area (Å²) in [5.41, 5.74) is 1.82. The summed E-state index contributed by atoms with van der Waals surface area (Å²) in [6.07, 6.45) is 6.86. The first-order valence-corrected chi connectivity index (χ1v) is 12.3. The highest BCUT2D eigenvalue weighted by Gasteiger charge is 2.11. The zero-order valence-electron chi connectivity index (χ0n) is 20.3. The number of rotatable bonds is 9. The first kappa shape index (κ1) is 24.7. The molecule has 9 heteroatoms. The molecule has 0 amide bonds. The van der Waals surface area contributed by atoms with Crippen LogP contribution in [0.4, 0.5) is 8.78 Å². The first-order valence-electron chi connectivity index (χ1n) is 12.3. The summed E-state index contributed by atoms with van der Waals surface area (Å²) in [6.45, 7) is 4.21. The van der Waals surface area contributed by atoms with Crippen molar-refractivity contribution in [3.8, 4) is 28.4 Å². The van der Waals surface area contributed by atoms with Gasteiger partial charge in [-0.2, -0.15) is 5.10 Å². The Kier molecular flexibility index (Phi) is 7.60. The van der Waals surface area contributed by atoms with Crippen molar-refractivity contribution in [3.05, 3.63) is 94.5 Å². The average molecular weight is 504 g/mol. The molecule has 0 unspecified atom stereocenters. The third-order valence-electron chi connectivity index (χ3n) is 6.26. The van der Waals surface area contributed by atoms with Crippen LogP contribution in [0.3, 0.4) is 0 Å². The van der Waals surface area contributed by atoms with E-state index in [2.05, 4.69) is 20.0 Å². The van der Waals surface area contributed by atoms with Crippen LogP contribution in [0.15, 0.2) is 71.8 Å². The quantitative estimate of drug-likeness (QED) is 0.312. The molecule has 5 rings (SSSR count). The van der Waals surface area contributed by atoms with Crippen molar-refractivity contribution in [3.63, 3.8) is 0 Å². The summed E-state index contributed by atoms with van der Waals surface area (Å²) in [7, 11) is 0. The zero-order chi connectivity index (χ0) is 25.6. The summed E-state index contributed by atoms with van der Waals surface area (Å²) in [6, 6.07) is 13.4. The number of hydrogen-bond acceptors (Lipinski definition) is 6. The second kappa shape index (κ2) is 11.4. The van der Waals surface area contributed by atoms with Crippen LogP contribution < -0.4 is 10.3 Å². The second-order valence-corrected chi connectivity index (χ2v) is 9.07. The molecule has 0 saturated carbocycles. The maximum atomic E-state index is 13.6. The molecule has 0 N–H and O–H groups in total. The fourth-order valence-corrected chi connectivity index (χ4v) is 4.42. The maximum absolute atomic E-state index is 13.6. The van der Waals surface area contributed by atoms with E-state index in [9.17, 15) is 13.6 Å². The lowest BCUT2D eigenvalue weighted by Gasteiger charge is -2.14. The van der Waals surface area contributed by atoms with Crippen LogP contribution in [0, 0.1) is 11.6 Å². The van der Waals surface area contributed by atoms with Crippen LogP contribution in [-0.4, -0.2) is 50.9 Å². The molecular weight excluding hydrogens is 476 g/mol. The van der Waals surface area contributed by atoms with Crippen molar-refractivity contribution in [2.24, 2.45) is 0 Å². The van der Waals surface area contributed by atoms with E-state index >= 15 is 0 Å². The summed E-state index contributed by atoms with van der Waals surface area (Å²) in [5, 5.41) is 4.31. The van der Waals surface area contributed by atoms with E-state index in [0.29, 0.717) is 23.9 Å². The first-order chi connectivity index (χ1) is 18.0. The molecule has 0 bridgehead atoms. The van der Waals surface area contributed by atoms with Gasteiger partial charge in [0, 0.05) is 29.8 Å². The average Bonchev–Trinajstić information content (AvgIpc) is 3.42. The number of benzene rings is 2. The highest BCUT2D eigenvalue weighted by molar-refractivity contribution is 5.58. The van der Waals surface area contributed by atoms with E-state index in [1.807, 2.05) is 24.3 Å². The fraction of sp³-hybridized carbons (Fsp3) is 0.286. The number of halogens is 2. The van der Waals surface area contributed by atoms with Crippen LogP contribution in [0.1, 0.15) is 24.8 Å². The van der Waals surface area contributed by atoms with E-state index in [-0.39, 0.29) is 17.7 Å². The molecule has 2 aromatic carbocycles. The van der Waals surface area contributed by atoms with Gasteiger partial charge in [0.25, 0.3) is 5.56 Å². The predicted octanol–water partition coefficient (Wildman–Crippen LogP) is 4.56. The zero-order valence-corrected chi connectivity index (χ0v) is 20.3. The van der Waals surface area contributed by atoms with Gasteiger partial charge in [-0.25, -0.2) is 23.4 Å². The topological polar surface area (TPSA) is 73.1 Å². The van der Waals surface area contributed by atoms with Crippen LogP contribution in [0.25, 0.3) is 22.6 Å². The smallest absolute Gasteiger partial charge is 0.267 e. The Morgan fingerprint density at radius 3 is 2.41 bits per heavy atom. The monoisotopic (exact) mass is 503 g/mol. The standard InChI is InChI=1S/C28H27F2N5O2/c29-23-14-22(15-24(30)16-23)26-7-8-27(36)35(33-26)19-20-5-3-6-21(13-20)28-31-17-25(18-32-28)37-12-4-11-34-9-1-2-10-34/h3,5-8,13-18H,1-2,4,9-12,19H2. The molecule has 4 aromatic rings. The summed E-state index contributed by atoms with van der Waals surface area (Å²) >= 11 is 0. The Morgan fingerprint density at radius 1 is 0.892 bits per heavy atom. The lowest BCUT2D eigenvalue weighted by molar-refractivity contribution is 0.262. The molecule has 1 aliphatic rings. The van der Waals surface area contributed by atoms with Gasteiger partial charge in [0.2, 0.25) is 0 Å². The van der Waals surface area contributed by atoms with Crippen LogP contribution in [-0.2, 0) is 6.54 Å². The van der Waals surface area contributed by atoms with Gasteiger partial charge in [-0.3, -0.25) is 4.79 Å². The van der Waals surface area contributed by atoms with Gasteiger partial charge < -0.3 is 9.64 Å².